The van der Waals surface area contributed by atoms with Gasteiger partial charge in [0.15, 0.2) is 11.4 Å². The molecule has 0 radical (unpaired) electrons. The highest BCUT2D eigenvalue weighted by Crippen LogP contribution is 2.42. The first kappa shape index (κ1) is 20.7. The van der Waals surface area contributed by atoms with Gasteiger partial charge in [0.05, 0.1) is 18.7 Å². The molecule has 1 heterocycles. The average Bonchev–Trinajstić information content (AvgIpc) is 2.90. The van der Waals surface area contributed by atoms with Crippen LogP contribution in [-0.2, 0) is 19.9 Å². The molecule has 2 aromatic carbocycles. The number of ketones is 1. The van der Waals surface area contributed by atoms with Crippen molar-refractivity contribution in [2.45, 2.75) is 38.7 Å². The van der Waals surface area contributed by atoms with E-state index in [2.05, 4.69) is 13.8 Å². The third kappa shape index (κ3) is 3.93. The number of benzene rings is 2. The van der Waals surface area contributed by atoms with Crippen LogP contribution in [0, 0.1) is 0 Å². The molecule has 1 atom stereocenters. The lowest BCUT2D eigenvalue weighted by atomic mass is 9.87. The van der Waals surface area contributed by atoms with Gasteiger partial charge in [-0.15, -0.1) is 0 Å². The molecule has 1 amide bonds. The van der Waals surface area contributed by atoms with Crippen LogP contribution < -0.4 is 4.90 Å². The van der Waals surface area contributed by atoms with Crippen molar-refractivity contribution in [3.05, 3.63) is 65.2 Å². The number of rotatable bonds is 7. The second-order valence-electron chi connectivity index (χ2n) is 7.45. The van der Waals surface area contributed by atoms with E-state index < -0.39 is 23.9 Å². The maximum atomic E-state index is 13.1. The van der Waals surface area contributed by atoms with Crippen LogP contribution in [-0.4, -0.2) is 35.9 Å². The lowest BCUT2D eigenvalue weighted by Crippen LogP contribution is -2.44. The zero-order chi connectivity index (χ0) is 21.2. The van der Waals surface area contributed by atoms with Gasteiger partial charge in [0, 0.05) is 11.1 Å². The number of amides is 1. The first-order chi connectivity index (χ1) is 13.8. The number of hydrogen-bond donors (Lipinski definition) is 1. The monoisotopic (exact) mass is 395 g/mol. The summed E-state index contributed by atoms with van der Waals surface area (Å²) in [5, 5.41) is 11.2. The van der Waals surface area contributed by atoms with Crippen molar-refractivity contribution >= 4 is 23.3 Å². The Bertz CT molecular complexity index is 935. The van der Waals surface area contributed by atoms with Crippen LogP contribution in [0.4, 0.5) is 5.69 Å². The van der Waals surface area contributed by atoms with E-state index in [0.29, 0.717) is 22.7 Å². The molecule has 3 rings (SSSR count). The van der Waals surface area contributed by atoms with Gasteiger partial charge < -0.3 is 9.84 Å². The fourth-order valence-electron chi connectivity index (χ4n) is 3.56. The zero-order valence-corrected chi connectivity index (χ0v) is 16.8. The van der Waals surface area contributed by atoms with Gasteiger partial charge in [-0.3, -0.25) is 19.3 Å². The number of fused-ring (bicyclic) bond motifs is 1. The summed E-state index contributed by atoms with van der Waals surface area (Å²) < 4.78 is 4.93. The fraction of sp³-hybridized carbons (Fsp3) is 0.348. The molecule has 6 nitrogen and oxygen atoms in total. The number of hydrogen-bond acceptors (Lipinski definition) is 5. The molecule has 1 aliphatic heterocycles. The minimum atomic E-state index is -2.02. The predicted octanol–water partition coefficient (Wildman–Crippen LogP) is 3.18. The van der Waals surface area contributed by atoms with E-state index in [1.165, 1.54) is 4.90 Å². The van der Waals surface area contributed by atoms with Crippen molar-refractivity contribution in [2.24, 2.45) is 0 Å². The number of Topliss-reactive ketones (excluding diaryl/α,β-unsaturated/α-hetero) is 1. The van der Waals surface area contributed by atoms with Gasteiger partial charge in [-0.25, -0.2) is 0 Å². The summed E-state index contributed by atoms with van der Waals surface area (Å²) in [5.74, 6) is -1.28. The SMILES string of the molecule is CCOC(=O)CN1C(=O)[C@](O)(CC(=O)c2ccc(C(C)C)cc2)c2ccccc21. The van der Waals surface area contributed by atoms with Crippen LogP contribution in [0.15, 0.2) is 48.5 Å². The maximum Gasteiger partial charge on any atom is 0.326 e. The molecular formula is C23H25NO5. The van der Waals surface area contributed by atoms with Crippen molar-refractivity contribution in [1.29, 1.82) is 0 Å². The minimum Gasteiger partial charge on any atom is -0.465 e. The summed E-state index contributed by atoms with van der Waals surface area (Å²) in [4.78, 5) is 39.0. The van der Waals surface area contributed by atoms with E-state index in [4.69, 9.17) is 4.74 Å². The van der Waals surface area contributed by atoms with Crippen molar-refractivity contribution in [3.63, 3.8) is 0 Å². The molecule has 0 aromatic heterocycles. The standard InChI is InChI=1S/C23H25NO5/c1-4-29-21(26)14-24-19-8-6-5-7-18(19)23(28,22(24)27)13-20(25)17-11-9-16(10-12-17)15(2)3/h5-12,15,28H,4,13-14H2,1-3H3/t23-/m0/s1. The molecule has 0 spiro atoms. The molecule has 0 bridgehead atoms. The second-order valence-corrected chi connectivity index (χ2v) is 7.45. The summed E-state index contributed by atoms with van der Waals surface area (Å²) >= 11 is 0. The van der Waals surface area contributed by atoms with Crippen LogP contribution in [0.5, 0.6) is 0 Å². The van der Waals surface area contributed by atoms with Crippen molar-refractivity contribution in [2.75, 3.05) is 18.1 Å². The molecule has 0 saturated carbocycles. The molecule has 2 aromatic rings. The van der Waals surface area contributed by atoms with E-state index >= 15 is 0 Å². The van der Waals surface area contributed by atoms with Gasteiger partial charge in [0.25, 0.3) is 5.91 Å². The Morgan fingerprint density at radius 1 is 1.10 bits per heavy atom. The molecule has 0 aliphatic carbocycles. The first-order valence-electron chi connectivity index (χ1n) is 9.70. The summed E-state index contributed by atoms with van der Waals surface area (Å²) in [6, 6.07) is 13.8. The lowest BCUT2D eigenvalue weighted by Gasteiger charge is -2.22. The summed E-state index contributed by atoms with van der Waals surface area (Å²) in [6.45, 7) is 5.68. The Hall–Kier alpha value is -2.99. The molecule has 1 aliphatic rings. The highest BCUT2D eigenvalue weighted by atomic mass is 16.5. The smallest absolute Gasteiger partial charge is 0.326 e. The Labute approximate surface area is 170 Å². The lowest BCUT2D eigenvalue weighted by molar-refractivity contribution is -0.144. The third-order valence-corrected chi connectivity index (χ3v) is 5.15. The average molecular weight is 395 g/mol. The largest absolute Gasteiger partial charge is 0.465 e. The highest BCUT2D eigenvalue weighted by molar-refractivity contribution is 6.12. The molecule has 152 valence electrons. The summed E-state index contributed by atoms with van der Waals surface area (Å²) in [6.07, 6.45) is -0.400. The van der Waals surface area contributed by atoms with Crippen LogP contribution in [0.1, 0.15) is 54.6 Å². The van der Waals surface area contributed by atoms with E-state index in [1.807, 2.05) is 12.1 Å². The van der Waals surface area contributed by atoms with E-state index in [-0.39, 0.29) is 18.9 Å². The van der Waals surface area contributed by atoms with Crippen molar-refractivity contribution < 1.29 is 24.2 Å². The van der Waals surface area contributed by atoms with Gasteiger partial charge in [-0.1, -0.05) is 56.3 Å². The van der Waals surface area contributed by atoms with Crippen LogP contribution in [0.2, 0.25) is 0 Å². The molecule has 0 saturated heterocycles. The summed E-state index contributed by atoms with van der Waals surface area (Å²) in [7, 11) is 0. The number of nitrogens with zero attached hydrogens (tertiary/aromatic N) is 1. The third-order valence-electron chi connectivity index (χ3n) is 5.15. The van der Waals surface area contributed by atoms with Gasteiger partial charge in [-0.2, -0.15) is 0 Å². The van der Waals surface area contributed by atoms with Gasteiger partial charge in [0.1, 0.15) is 6.54 Å². The number of para-hydroxylation sites is 1. The number of carbonyl (C=O) groups excluding carboxylic acids is 3. The van der Waals surface area contributed by atoms with Crippen LogP contribution in [0.25, 0.3) is 0 Å². The Morgan fingerprint density at radius 3 is 2.38 bits per heavy atom. The number of carbonyl (C=O) groups is 3. The Kier molecular flexibility index (Phi) is 5.84. The zero-order valence-electron chi connectivity index (χ0n) is 16.8. The minimum absolute atomic E-state index is 0.192. The molecule has 0 fully saturated rings. The quantitative estimate of drug-likeness (QED) is 0.575. The Balaban J connectivity index is 1.88. The number of aliphatic hydroxyl groups is 1. The highest BCUT2D eigenvalue weighted by Gasteiger charge is 2.51. The van der Waals surface area contributed by atoms with Gasteiger partial charge >= 0.3 is 5.97 Å². The van der Waals surface area contributed by atoms with Crippen molar-refractivity contribution in [1.82, 2.24) is 0 Å². The van der Waals surface area contributed by atoms with Crippen LogP contribution in [0.3, 0.4) is 0 Å². The predicted molar refractivity (Wildman–Crippen MR) is 109 cm³/mol. The number of anilines is 1. The van der Waals surface area contributed by atoms with E-state index in [1.54, 1.807) is 43.3 Å². The number of esters is 1. The molecule has 29 heavy (non-hydrogen) atoms. The normalized spacial score (nSPS) is 18.1. The summed E-state index contributed by atoms with van der Waals surface area (Å²) in [5.41, 5.74) is 0.245. The van der Waals surface area contributed by atoms with Crippen LogP contribution >= 0.6 is 0 Å². The second kappa shape index (κ2) is 8.17. The van der Waals surface area contributed by atoms with Gasteiger partial charge in [-0.05, 0) is 24.5 Å². The number of ether oxygens (including phenoxy) is 1. The van der Waals surface area contributed by atoms with Crippen molar-refractivity contribution in [3.8, 4) is 0 Å². The van der Waals surface area contributed by atoms with E-state index in [9.17, 15) is 19.5 Å². The molecule has 6 heteroatoms. The first-order valence-corrected chi connectivity index (χ1v) is 9.70. The Morgan fingerprint density at radius 2 is 1.76 bits per heavy atom. The van der Waals surface area contributed by atoms with Gasteiger partial charge in [0.2, 0.25) is 0 Å². The fourth-order valence-corrected chi connectivity index (χ4v) is 3.56. The van der Waals surface area contributed by atoms with E-state index in [0.717, 1.165) is 5.56 Å². The molecule has 0 unspecified atom stereocenters. The molecular weight excluding hydrogens is 370 g/mol. The topological polar surface area (TPSA) is 83.9 Å². The maximum absolute atomic E-state index is 13.1. The molecule has 1 N–H and O–H groups in total.